The lowest BCUT2D eigenvalue weighted by Crippen LogP contribution is -2.20. The fraction of sp³-hybridized carbons (Fsp3) is 0.200. The molecule has 0 aromatic heterocycles. The summed E-state index contributed by atoms with van der Waals surface area (Å²) < 4.78 is 4.82. The number of rotatable bonds is 7. The van der Waals surface area contributed by atoms with Crippen LogP contribution in [0, 0.1) is 5.92 Å². The lowest BCUT2D eigenvalue weighted by Gasteiger charge is -2.13. The number of benzene rings is 2. The SMILES string of the molecule is COC(=O)C(C/C=C/c1ccccc1)CC(=O)c1c(Cl)cccc1Cl. The number of methoxy groups -OCH3 is 1. The Morgan fingerprint density at radius 2 is 1.68 bits per heavy atom. The van der Waals surface area contributed by atoms with E-state index in [-0.39, 0.29) is 27.8 Å². The zero-order valence-electron chi connectivity index (χ0n) is 13.7. The molecule has 0 aliphatic carbocycles. The summed E-state index contributed by atoms with van der Waals surface area (Å²) in [6.07, 6.45) is 4.13. The molecule has 130 valence electrons. The van der Waals surface area contributed by atoms with E-state index >= 15 is 0 Å². The number of carbonyl (C=O) groups is 2. The van der Waals surface area contributed by atoms with E-state index in [9.17, 15) is 9.59 Å². The Morgan fingerprint density at radius 1 is 1.04 bits per heavy atom. The van der Waals surface area contributed by atoms with Gasteiger partial charge in [-0.2, -0.15) is 0 Å². The molecule has 0 fully saturated rings. The average Bonchev–Trinajstić information content (AvgIpc) is 2.61. The maximum absolute atomic E-state index is 12.5. The van der Waals surface area contributed by atoms with Crippen molar-refractivity contribution in [3.05, 3.63) is 75.8 Å². The first-order chi connectivity index (χ1) is 12.0. The fourth-order valence-electron chi connectivity index (χ4n) is 2.45. The van der Waals surface area contributed by atoms with Crippen LogP contribution in [-0.4, -0.2) is 18.9 Å². The minimum atomic E-state index is -0.593. The van der Waals surface area contributed by atoms with Crippen molar-refractivity contribution in [3.63, 3.8) is 0 Å². The molecule has 3 nitrogen and oxygen atoms in total. The van der Waals surface area contributed by atoms with Crippen LogP contribution in [0.5, 0.6) is 0 Å². The van der Waals surface area contributed by atoms with Gasteiger partial charge in [-0.1, -0.05) is 71.8 Å². The number of hydrogen-bond donors (Lipinski definition) is 0. The molecule has 0 amide bonds. The zero-order chi connectivity index (χ0) is 18.2. The van der Waals surface area contributed by atoms with E-state index < -0.39 is 11.9 Å². The van der Waals surface area contributed by atoms with Gasteiger partial charge < -0.3 is 4.74 Å². The largest absolute Gasteiger partial charge is 0.469 e. The average molecular weight is 377 g/mol. The fourth-order valence-corrected chi connectivity index (χ4v) is 3.06. The Hall–Kier alpha value is -2.10. The van der Waals surface area contributed by atoms with Crippen molar-refractivity contribution < 1.29 is 14.3 Å². The number of carbonyl (C=O) groups excluding carboxylic acids is 2. The summed E-state index contributed by atoms with van der Waals surface area (Å²) in [7, 11) is 1.31. The highest BCUT2D eigenvalue weighted by molar-refractivity contribution is 6.39. The van der Waals surface area contributed by atoms with Gasteiger partial charge in [0.15, 0.2) is 5.78 Å². The first kappa shape index (κ1) is 19.2. The van der Waals surface area contributed by atoms with E-state index in [4.69, 9.17) is 27.9 Å². The Bertz CT molecular complexity index is 750. The quantitative estimate of drug-likeness (QED) is 0.475. The standard InChI is InChI=1S/C20H18Cl2O3/c1-25-20(24)15(10-5-9-14-7-3-2-4-8-14)13-18(23)19-16(21)11-6-12-17(19)22/h2-9,11-12,15H,10,13H2,1H3/b9-5+. The molecule has 0 radical (unpaired) electrons. The van der Waals surface area contributed by atoms with Gasteiger partial charge in [0.2, 0.25) is 0 Å². The third-order valence-electron chi connectivity index (χ3n) is 3.74. The molecule has 1 unspecified atom stereocenters. The van der Waals surface area contributed by atoms with Crippen molar-refractivity contribution in [2.45, 2.75) is 12.8 Å². The van der Waals surface area contributed by atoms with E-state index in [1.807, 2.05) is 42.5 Å². The summed E-state index contributed by atoms with van der Waals surface area (Å²) >= 11 is 12.1. The van der Waals surface area contributed by atoms with Crippen LogP contribution in [0.3, 0.4) is 0 Å². The van der Waals surface area contributed by atoms with Gasteiger partial charge in [-0.25, -0.2) is 0 Å². The Labute approximate surface area is 157 Å². The minimum Gasteiger partial charge on any atom is -0.469 e. The molecule has 0 aliphatic rings. The number of esters is 1. The summed E-state index contributed by atoms with van der Waals surface area (Å²) in [5, 5.41) is 0.557. The molecule has 25 heavy (non-hydrogen) atoms. The molecule has 1 atom stereocenters. The van der Waals surface area contributed by atoms with Crippen molar-refractivity contribution in [1.82, 2.24) is 0 Å². The van der Waals surface area contributed by atoms with Crippen LogP contribution in [0.2, 0.25) is 10.0 Å². The number of allylic oxidation sites excluding steroid dienone is 1. The van der Waals surface area contributed by atoms with E-state index in [0.29, 0.717) is 6.42 Å². The molecule has 0 heterocycles. The highest BCUT2D eigenvalue weighted by Crippen LogP contribution is 2.27. The third kappa shape index (κ3) is 5.45. The third-order valence-corrected chi connectivity index (χ3v) is 4.37. The molecule has 5 heteroatoms. The maximum Gasteiger partial charge on any atom is 0.309 e. The Kier molecular flexibility index (Phi) is 7.23. The van der Waals surface area contributed by atoms with Gasteiger partial charge in [0, 0.05) is 6.42 Å². The summed E-state index contributed by atoms with van der Waals surface area (Å²) in [6, 6.07) is 14.6. The van der Waals surface area contributed by atoms with Crippen LogP contribution >= 0.6 is 23.2 Å². The van der Waals surface area contributed by atoms with Crippen LogP contribution < -0.4 is 0 Å². The second kappa shape index (κ2) is 9.40. The molecule has 2 rings (SSSR count). The van der Waals surface area contributed by atoms with Crippen LogP contribution in [-0.2, 0) is 9.53 Å². The first-order valence-electron chi connectivity index (χ1n) is 7.79. The van der Waals surface area contributed by atoms with Crippen LogP contribution in [0.4, 0.5) is 0 Å². The number of Topliss-reactive ketones (excluding diaryl/α,β-unsaturated/α-hetero) is 1. The van der Waals surface area contributed by atoms with Gasteiger partial charge >= 0.3 is 5.97 Å². The van der Waals surface area contributed by atoms with E-state index in [2.05, 4.69) is 0 Å². The highest BCUT2D eigenvalue weighted by atomic mass is 35.5. The predicted octanol–water partition coefficient (Wildman–Crippen LogP) is 5.46. The lowest BCUT2D eigenvalue weighted by molar-refractivity contribution is -0.145. The highest BCUT2D eigenvalue weighted by Gasteiger charge is 2.24. The molecule has 0 saturated heterocycles. The molecular weight excluding hydrogens is 359 g/mol. The topological polar surface area (TPSA) is 43.4 Å². The summed E-state index contributed by atoms with van der Waals surface area (Å²) in [5.41, 5.74) is 1.26. The minimum absolute atomic E-state index is 0.0186. The summed E-state index contributed by atoms with van der Waals surface area (Å²) in [4.78, 5) is 24.6. The maximum atomic E-state index is 12.5. The van der Waals surface area contributed by atoms with Crippen molar-refractivity contribution in [2.75, 3.05) is 7.11 Å². The first-order valence-corrected chi connectivity index (χ1v) is 8.55. The van der Waals surface area contributed by atoms with Crippen LogP contribution in [0.25, 0.3) is 6.08 Å². The predicted molar refractivity (Wildman–Crippen MR) is 101 cm³/mol. The van der Waals surface area contributed by atoms with Gasteiger partial charge in [-0.15, -0.1) is 0 Å². The number of hydrogen-bond acceptors (Lipinski definition) is 3. The molecule has 0 aliphatic heterocycles. The molecule has 2 aromatic rings. The van der Waals surface area contributed by atoms with Crippen molar-refractivity contribution in [2.24, 2.45) is 5.92 Å². The Morgan fingerprint density at radius 3 is 2.28 bits per heavy atom. The normalized spacial score (nSPS) is 12.1. The van der Waals surface area contributed by atoms with Gasteiger partial charge in [0.25, 0.3) is 0 Å². The molecular formula is C20H18Cl2O3. The van der Waals surface area contributed by atoms with E-state index in [1.165, 1.54) is 7.11 Å². The monoisotopic (exact) mass is 376 g/mol. The summed E-state index contributed by atoms with van der Waals surface area (Å²) in [5.74, 6) is -1.31. The van der Waals surface area contributed by atoms with Gasteiger partial charge in [-0.3, -0.25) is 9.59 Å². The smallest absolute Gasteiger partial charge is 0.309 e. The number of halogens is 2. The zero-order valence-corrected chi connectivity index (χ0v) is 15.3. The van der Waals surface area contributed by atoms with Crippen LogP contribution in [0.1, 0.15) is 28.8 Å². The number of ketones is 1. The van der Waals surface area contributed by atoms with Crippen molar-refractivity contribution in [3.8, 4) is 0 Å². The molecule has 2 aromatic carbocycles. The van der Waals surface area contributed by atoms with Gasteiger partial charge in [0.1, 0.15) is 0 Å². The van der Waals surface area contributed by atoms with Crippen molar-refractivity contribution >= 4 is 41.0 Å². The van der Waals surface area contributed by atoms with Gasteiger partial charge in [0.05, 0.1) is 28.6 Å². The molecule has 0 saturated carbocycles. The van der Waals surface area contributed by atoms with Gasteiger partial charge in [-0.05, 0) is 24.1 Å². The summed E-state index contributed by atoms with van der Waals surface area (Å²) in [6.45, 7) is 0. The lowest BCUT2D eigenvalue weighted by atomic mass is 9.95. The molecule has 0 spiro atoms. The second-order valence-electron chi connectivity index (χ2n) is 5.49. The van der Waals surface area contributed by atoms with E-state index in [1.54, 1.807) is 18.2 Å². The molecule has 0 bridgehead atoms. The molecule has 0 N–H and O–H groups in total. The van der Waals surface area contributed by atoms with Crippen molar-refractivity contribution in [1.29, 1.82) is 0 Å². The second-order valence-corrected chi connectivity index (χ2v) is 6.31. The number of ether oxygens (including phenoxy) is 1. The Balaban J connectivity index is 2.11. The van der Waals surface area contributed by atoms with Crippen LogP contribution in [0.15, 0.2) is 54.6 Å². The van der Waals surface area contributed by atoms with E-state index in [0.717, 1.165) is 5.56 Å².